The van der Waals surface area contributed by atoms with Gasteiger partial charge in [0.05, 0.1) is 18.5 Å². The van der Waals surface area contributed by atoms with E-state index in [2.05, 4.69) is 4.99 Å². The van der Waals surface area contributed by atoms with Crippen LogP contribution in [0.5, 0.6) is 5.75 Å². The number of ether oxygens (including phenoxy) is 1. The fraction of sp³-hybridized carbons (Fsp3) is 0.0400. The normalized spacial score (nSPS) is 11.4. The number of para-hydroxylation sites is 2. The van der Waals surface area contributed by atoms with Crippen molar-refractivity contribution >= 4 is 22.9 Å². The van der Waals surface area contributed by atoms with E-state index in [4.69, 9.17) is 14.3 Å². The highest BCUT2D eigenvalue weighted by Crippen LogP contribution is 2.29. The molecule has 2 heterocycles. The fourth-order valence-corrected chi connectivity index (χ4v) is 3.30. The lowest BCUT2D eigenvalue weighted by Crippen LogP contribution is -1.93. The Kier molecular flexibility index (Phi) is 4.62. The zero-order valence-electron chi connectivity index (χ0n) is 16.4. The minimum atomic E-state index is 0.710. The van der Waals surface area contributed by atoms with Crippen molar-refractivity contribution < 1.29 is 9.15 Å². The third kappa shape index (κ3) is 3.49. The maximum atomic E-state index is 6.07. The number of nitrogens with zero attached hydrogens (tertiary/aromatic N) is 3. The molecule has 0 fully saturated rings. The van der Waals surface area contributed by atoms with Crippen molar-refractivity contribution in [2.45, 2.75) is 0 Å². The first kappa shape index (κ1) is 17.9. The number of aromatic nitrogens is 2. The maximum absolute atomic E-state index is 6.07. The van der Waals surface area contributed by atoms with Crippen molar-refractivity contribution in [3.63, 3.8) is 0 Å². The minimum Gasteiger partial charge on any atom is -0.497 e. The third-order valence-corrected chi connectivity index (χ3v) is 4.85. The SMILES string of the molecule is COc1ccc(N=Cc2cn(-c3ccccc3)nc2-c2cc3ccccc3o2)cc1. The maximum Gasteiger partial charge on any atom is 0.156 e. The van der Waals surface area contributed by atoms with E-state index in [0.717, 1.165) is 39.4 Å². The average Bonchev–Trinajstić information content (AvgIpc) is 3.43. The molecule has 5 nitrogen and oxygen atoms in total. The summed E-state index contributed by atoms with van der Waals surface area (Å²) in [7, 11) is 1.65. The second-order valence-corrected chi connectivity index (χ2v) is 6.82. The molecule has 5 rings (SSSR count). The summed E-state index contributed by atoms with van der Waals surface area (Å²) in [5, 5.41) is 5.84. The van der Waals surface area contributed by atoms with E-state index in [1.165, 1.54) is 0 Å². The smallest absolute Gasteiger partial charge is 0.156 e. The van der Waals surface area contributed by atoms with Gasteiger partial charge in [-0.3, -0.25) is 4.99 Å². The Morgan fingerprint density at radius 3 is 2.47 bits per heavy atom. The summed E-state index contributed by atoms with van der Waals surface area (Å²) < 4.78 is 13.1. The highest BCUT2D eigenvalue weighted by atomic mass is 16.5. The molecule has 0 saturated heterocycles. The predicted molar refractivity (Wildman–Crippen MR) is 119 cm³/mol. The Morgan fingerprint density at radius 2 is 1.70 bits per heavy atom. The minimum absolute atomic E-state index is 0.710. The van der Waals surface area contributed by atoms with Crippen molar-refractivity contribution in [1.82, 2.24) is 9.78 Å². The quantitative estimate of drug-likeness (QED) is 0.342. The molecule has 0 aliphatic rings. The van der Waals surface area contributed by atoms with E-state index in [1.807, 2.05) is 102 Å². The lowest BCUT2D eigenvalue weighted by atomic mass is 10.2. The van der Waals surface area contributed by atoms with Gasteiger partial charge < -0.3 is 9.15 Å². The molecule has 0 unspecified atom stereocenters. The van der Waals surface area contributed by atoms with Crippen LogP contribution in [-0.4, -0.2) is 23.1 Å². The van der Waals surface area contributed by atoms with Crippen LogP contribution >= 0.6 is 0 Å². The molecule has 0 spiro atoms. The summed E-state index contributed by atoms with van der Waals surface area (Å²) >= 11 is 0. The highest BCUT2D eigenvalue weighted by molar-refractivity contribution is 5.91. The number of hydrogen-bond donors (Lipinski definition) is 0. The van der Waals surface area contributed by atoms with Crippen LogP contribution in [0.15, 0.2) is 101 Å². The molecule has 146 valence electrons. The standard InChI is InChI=1S/C25H19N3O2/c1-29-22-13-11-20(12-14-22)26-16-19-17-28(21-8-3-2-4-9-21)27-25(19)24-15-18-7-5-6-10-23(18)30-24/h2-17H,1H3. The Bertz CT molecular complexity index is 1280. The number of rotatable bonds is 5. The van der Waals surface area contributed by atoms with Gasteiger partial charge in [-0.1, -0.05) is 36.4 Å². The molecule has 0 aliphatic heterocycles. The van der Waals surface area contributed by atoms with Crippen molar-refractivity contribution in [2.75, 3.05) is 7.11 Å². The first-order valence-corrected chi connectivity index (χ1v) is 9.62. The summed E-state index contributed by atoms with van der Waals surface area (Å²) in [6.45, 7) is 0. The zero-order chi connectivity index (χ0) is 20.3. The molecule has 0 N–H and O–H groups in total. The van der Waals surface area contributed by atoms with Crippen LogP contribution in [0.25, 0.3) is 28.1 Å². The molecule has 0 radical (unpaired) electrons. The fourth-order valence-electron chi connectivity index (χ4n) is 3.30. The van der Waals surface area contributed by atoms with Crippen LogP contribution in [0.1, 0.15) is 5.56 Å². The number of furan rings is 1. The van der Waals surface area contributed by atoms with Crippen LogP contribution in [-0.2, 0) is 0 Å². The first-order valence-electron chi connectivity index (χ1n) is 9.62. The van der Waals surface area contributed by atoms with Gasteiger partial charge in [-0.25, -0.2) is 4.68 Å². The Balaban J connectivity index is 1.58. The van der Waals surface area contributed by atoms with Crippen LogP contribution in [0.2, 0.25) is 0 Å². The monoisotopic (exact) mass is 393 g/mol. The van der Waals surface area contributed by atoms with E-state index in [0.29, 0.717) is 5.76 Å². The van der Waals surface area contributed by atoms with Crippen LogP contribution in [0.3, 0.4) is 0 Å². The topological polar surface area (TPSA) is 52.5 Å². The summed E-state index contributed by atoms with van der Waals surface area (Å²) in [5.74, 6) is 1.51. The van der Waals surface area contributed by atoms with E-state index < -0.39 is 0 Å². The molecule has 5 heteroatoms. The Morgan fingerprint density at radius 1 is 0.933 bits per heavy atom. The van der Waals surface area contributed by atoms with E-state index in [-0.39, 0.29) is 0 Å². The highest BCUT2D eigenvalue weighted by Gasteiger charge is 2.15. The molecule has 0 saturated carbocycles. The lowest BCUT2D eigenvalue weighted by Gasteiger charge is -1.98. The second kappa shape index (κ2) is 7.72. The molecule has 0 bridgehead atoms. The van der Waals surface area contributed by atoms with Crippen molar-refractivity contribution in [1.29, 1.82) is 0 Å². The van der Waals surface area contributed by atoms with Gasteiger partial charge in [0.1, 0.15) is 17.0 Å². The van der Waals surface area contributed by atoms with E-state index in [9.17, 15) is 0 Å². The van der Waals surface area contributed by atoms with Crippen molar-refractivity contribution in [2.24, 2.45) is 4.99 Å². The molecular formula is C25H19N3O2. The van der Waals surface area contributed by atoms with Gasteiger partial charge in [0.15, 0.2) is 5.76 Å². The Hall–Kier alpha value is -4.12. The van der Waals surface area contributed by atoms with E-state index >= 15 is 0 Å². The largest absolute Gasteiger partial charge is 0.497 e. The van der Waals surface area contributed by atoms with Gasteiger partial charge in [0.2, 0.25) is 0 Å². The van der Waals surface area contributed by atoms with Crippen molar-refractivity contribution in [3.8, 4) is 22.9 Å². The number of methoxy groups -OCH3 is 1. The van der Waals surface area contributed by atoms with Crippen LogP contribution in [0, 0.1) is 0 Å². The summed E-state index contributed by atoms with van der Waals surface area (Å²) in [6, 6.07) is 27.6. The number of benzene rings is 3. The summed E-state index contributed by atoms with van der Waals surface area (Å²) in [5.41, 5.74) is 4.25. The third-order valence-electron chi connectivity index (χ3n) is 4.85. The van der Waals surface area contributed by atoms with Crippen LogP contribution < -0.4 is 4.74 Å². The number of aliphatic imine (C=N–C) groups is 1. The van der Waals surface area contributed by atoms with Crippen molar-refractivity contribution in [3.05, 3.63) is 96.7 Å². The number of fused-ring (bicyclic) bond motifs is 1. The number of hydrogen-bond acceptors (Lipinski definition) is 4. The van der Waals surface area contributed by atoms with Gasteiger partial charge in [0.25, 0.3) is 0 Å². The molecule has 30 heavy (non-hydrogen) atoms. The van der Waals surface area contributed by atoms with E-state index in [1.54, 1.807) is 7.11 Å². The Labute approximate surface area is 173 Å². The zero-order valence-corrected chi connectivity index (χ0v) is 16.4. The lowest BCUT2D eigenvalue weighted by molar-refractivity contribution is 0.415. The molecule has 2 aromatic heterocycles. The average molecular weight is 393 g/mol. The molecule has 0 amide bonds. The van der Waals surface area contributed by atoms with Gasteiger partial charge in [-0.2, -0.15) is 5.10 Å². The molecular weight excluding hydrogens is 374 g/mol. The van der Waals surface area contributed by atoms with Gasteiger partial charge in [0, 0.05) is 23.4 Å². The second-order valence-electron chi connectivity index (χ2n) is 6.82. The first-order chi connectivity index (χ1) is 14.8. The van der Waals surface area contributed by atoms with Gasteiger partial charge in [-0.05, 0) is 48.5 Å². The summed E-state index contributed by atoms with van der Waals surface area (Å²) in [4.78, 5) is 4.62. The molecule has 0 aliphatic carbocycles. The van der Waals surface area contributed by atoms with Gasteiger partial charge >= 0.3 is 0 Å². The van der Waals surface area contributed by atoms with Gasteiger partial charge in [-0.15, -0.1) is 0 Å². The van der Waals surface area contributed by atoms with Crippen LogP contribution in [0.4, 0.5) is 5.69 Å². The predicted octanol–water partition coefficient (Wildman–Crippen LogP) is 6.04. The molecule has 0 atom stereocenters. The summed E-state index contributed by atoms with van der Waals surface area (Å²) in [6.07, 6.45) is 3.78. The molecule has 5 aromatic rings. The molecule has 3 aromatic carbocycles.